The number of carbonyl (C=O) groups excluding carboxylic acids is 1. The number of nitrogens with zero attached hydrogens (tertiary/aromatic N) is 2. The molecule has 29 heavy (non-hydrogen) atoms. The lowest BCUT2D eigenvalue weighted by Gasteiger charge is -2.31. The van der Waals surface area contributed by atoms with Crippen molar-refractivity contribution in [3.63, 3.8) is 0 Å². The average molecular weight is 448 g/mol. The zero-order valence-corrected chi connectivity index (χ0v) is 18.3. The van der Waals surface area contributed by atoms with E-state index in [-0.39, 0.29) is 17.3 Å². The quantitative estimate of drug-likeness (QED) is 0.635. The second-order valence-corrected chi connectivity index (χ2v) is 10.8. The molecule has 9 heteroatoms. The monoisotopic (exact) mass is 447 g/mol. The van der Waals surface area contributed by atoms with Crippen LogP contribution < -0.4 is 5.32 Å². The second kappa shape index (κ2) is 8.35. The lowest BCUT2D eigenvalue weighted by Crippen LogP contribution is -2.43. The van der Waals surface area contributed by atoms with E-state index in [4.69, 9.17) is 0 Å². The molecule has 0 aliphatic carbocycles. The van der Waals surface area contributed by atoms with Gasteiger partial charge in [-0.15, -0.1) is 22.7 Å². The third kappa shape index (κ3) is 4.42. The molecule has 0 bridgehead atoms. The van der Waals surface area contributed by atoms with Gasteiger partial charge in [0.25, 0.3) is 0 Å². The van der Waals surface area contributed by atoms with E-state index in [2.05, 4.69) is 10.3 Å². The fourth-order valence-electron chi connectivity index (χ4n) is 3.31. The summed E-state index contributed by atoms with van der Waals surface area (Å²) in [6.45, 7) is 2.53. The molecule has 1 atom stereocenters. The molecule has 1 aromatic carbocycles. The Labute approximate surface area is 178 Å². The molecule has 4 rings (SSSR count). The summed E-state index contributed by atoms with van der Waals surface area (Å²) in [5.41, 5.74) is 1.85. The minimum Gasteiger partial charge on any atom is -0.302 e. The molecule has 6 nitrogen and oxygen atoms in total. The molecule has 2 aromatic heterocycles. The van der Waals surface area contributed by atoms with Crippen LogP contribution in [0.5, 0.6) is 0 Å². The van der Waals surface area contributed by atoms with Gasteiger partial charge in [0, 0.05) is 18.5 Å². The summed E-state index contributed by atoms with van der Waals surface area (Å²) in [5.74, 6) is -0.570. The molecule has 0 spiro atoms. The Balaban J connectivity index is 1.44. The predicted molar refractivity (Wildman–Crippen MR) is 117 cm³/mol. The smallest absolute Gasteiger partial charge is 0.243 e. The first-order chi connectivity index (χ1) is 13.9. The van der Waals surface area contributed by atoms with E-state index >= 15 is 0 Å². The van der Waals surface area contributed by atoms with Crippen molar-refractivity contribution in [1.82, 2.24) is 9.29 Å². The number of aromatic nitrogens is 1. The van der Waals surface area contributed by atoms with Crippen LogP contribution in [0.4, 0.5) is 5.13 Å². The molecule has 3 heterocycles. The molecule has 1 amide bonds. The molecule has 0 saturated carbocycles. The number of aryl methyl sites for hydroxylation is 1. The van der Waals surface area contributed by atoms with Crippen LogP contribution >= 0.6 is 22.7 Å². The number of sulfonamides is 1. The maximum Gasteiger partial charge on any atom is 0.243 e. The summed E-state index contributed by atoms with van der Waals surface area (Å²) in [5, 5.41) is 7.30. The van der Waals surface area contributed by atoms with Crippen LogP contribution in [0.15, 0.2) is 52.1 Å². The van der Waals surface area contributed by atoms with Crippen molar-refractivity contribution in [2.75, 3.05) is 18.4 Å². The molecule has 1 N–H and O–H groups in total. The van der Waals surface area contributed by atoms with E-state index < -0.39 is 15.9 Å². The van der Waals surface area contributed by atoms with Crippen LogP contribution in [0.3, 0.4) is 0 Å². The number of hydrogen-bond donors (Lipinski definition) is 1. The standard InChI is InChI=1S/C20H21N3O3S3/c1-14-6-8-16(9-7-14)29(25,26)23-10-2-4-15(12-23)19(24)22-20-21-17(13-28-20)18-5-3-11-27-18/h3,5-9,11,13,15H,2,4,10,12H2,1H3,(H,21,22,24). The maximum absolute atomic E-state index is 12.9. The van der Waals surface area contributed by atoms with Crippen LogP contribution in [-0.4, -0.2) is 36.7 Å². The highest BCUT2D eigenvalue weighted by molar-refractivity contribution is 7.89. The number of amides is 1. The number of rotatable bonds is 5. The Morgan fingerprint density at radius 2 is 2.00 bits per heavy atom. The first kappa shape index (κ1) is 20.2. The van der Waals surface area contributed by atoms with Crippen LogP contribution in [0.2, 0.25) is 0 Å². The van der Waals surface area contributed by atoms with Gasteiger partial charge in [0.1, 0.15) is 0 Å². The van der Waals surface area contributed by atoms with Gasteiger partial charge in [-0.05, 0) is 43.3 Å². The van der Waals surface area contributed by atoms with E-state index in [9.17, 15) is 13.2 Å². The molecule has 1 saturated heterocycles. The summed E-state index contributed by atoms with van der Waals surface area (Å²) in [4.78, 5) is 18.5. The molecule has 3 aromatic rings. The number of anilines is 1. The fourth-order valence-corrected chi connectivity index (χ4v) is 6.31. The SMILES string of the molecule is Cc1ccc(S(=O)(=O)N2CCCC(C(=O)Nc3nc(-c4cccs4)cs3)C2)cc1. The highest BCUT2D eigenvalue weighted by Gasteiger charge is 2.33. The van der Waals surface area contributed by atoms with Gasteiger partial charge in [-0.2, -0.15) is 4.31 Å². The van der Waals surface area contributed by atoms with Crippen molar-refractivity contribution in [2.45, 2.75) is 24.7 Å². The first-order valence-electron chi connectivity index (χ1n) is 9.30. The van der Waals surface area contributed by atoms with Crippen molar-refractivity contribution in [1.29, 1.82) is 0 Å². The van der Waals surface area contributed by atoms with Crippen molar-refractivity contribution in [3.8, 4) is 10.6 Å². The van der Waals surface area contributed by atoms with Gasteiger partial charge in [-0.25, -0.2) is 13.4 Å². The third-order valence-corrected chi connectivity index (χ3v) is 8.45. The van der Waals surface area contributed by atoms with Gasteiger partial charge in [0.2, 0.25) is 15.9 Å². The Kier molecular flexibility index (Phi) is 5.82. The minimum absolute atomic E-state index is 0.180. The van der Waals surface area contributed by atoms with E-state index in [1.165, 1.54) is 15.6 Å². The summed E-state index contributed by atoms with van der Waals surface area (Å²) in [6.07, 6.45) is 1.32. The number of benzene rings is 1. The number of thiazole rings is 1. The number of hydrogen-bond acceptors (Lipinski definition) is 6. The van der Waals surface area contributed by atoms with Gasteiger partial charge < -0.3 is 5.32 Å². The number of thiophene rings is 1. The molecular weight excluding hydrogens is 426 g/mol. The van der Waals surface area contributed by atoms with Crippen molar-refractivity contribution in [2.24, 2.45) is 5.92 Å². The third-order valence-electron chi connectivity index (χ3n) is 4.92. The zero-order chi connectivity index (χ0) is 20.4. The molecule has 0 radical (unpaired) electrons. The molecule has 1 aliphatic rings. The Morgan fingerprint density at radius 3 is 2.72 bits per heavy atom. The average Bonchev–Trinajstić information content (AvgIpc) is 3.40. The first-order valence-corrected chi connectivity index (χ1v) is 12.5. The highest BCUT2D eigenvalue weighted by Crippen LogP contribution is 2.29. The Hall–Kier alpha value is -2.07. The lowest BCUT2D eigenvalue weighted by atomic mass is 9.99. The van der Waals surface area contributed by atoms with Crippen molar-refractivity contribution >= 4 is 43.7 Å². The summed E-state index contributed by atoms with van der Waals surface area (Å²) < 4.78 is 27.3. The molecule has 152 valence electrons. The molecule has 1 unspecified atom stereocenters. The van der Waals surface area contributed by atoms with E-state index in [1.807, 2.05) is 29.8 Å². The van der Waals surface area contributed by atoms with Gasteiger partial charge >= 0.3 is 0 Å². The van der Waals surface area contributed by atoms with Crippen LogP contribution in [-0.2, 0) is 14.8 Å². The predicted octanol–water partition coefficient (Wildman–Crippen LogP) is 4.22. The van der Waals surface area contributed by atoms with Gasteiger partial charge in [0.05, 0.1) is 21.4 Å². The van der Waals surface area contributed by atoms with Gasteiger partial charge in [-0.1, -0.05) is 23.8 Å². The fraction of sp³-hybridized carbons (Fsp3) is 0.300. The summed E-state index contributed by atoms with van der Waals surface area (Å²) >= 11 is 2.97. The number of piperidine rings is 1. The molecular formula is C20H21N3O3S3. The number of carbonyl (C=O) groups is 1. The Bertz CT molecular complexity index is 1090. The lowest BCUT2D eigenvalue weighted by molar-refractivity contribution is -0.120. The normalized spacial score (nSPS) is 17.9. The largest absolute Gasteiger partial charge is 0.302 e. The molecule has 1 aliphatic heterocycles. The van der Waals surface area contributed by atoms with Crippen molar-refractivity contribution < 1.29 is 13.2 Å². The summed E-state index contributed by atoms with van der Waals surface area (Å²) in [7, 11) is -3.60. The highest BCUT2D eigenvalue weighted by atomic mass is 32.2. The van der Waals surface area contributed by atoms with Crippen LogP contribution in [0.1, 0.15) is 18.4 Å². The molecule has 1 fully saturated rings. The van der Waals surface area contributed by atoms with E-state index in [0.717, 1.165) is 16.1 Å². The van der Waals surface area contributed by atoms with E-state index in [0.29, 0.717) is 24.5 Å². The van der Waals surface area contributed by atoms with E-state index in [1.54, 1.807) is 35.6 Å². The maximum atomic E-state index is 12.9. The topological polar surface area (TPSA) is 79.4 Å². The number of nitrogens with one attached hydrogen (secondary N) is 1. The van der Waals surface area contributed by atoms with Crippen LogP contribution in [0, 0.1) is 12.8 Å². The zero-order valence-electron chi connectivity index (χ0n) is 15.9. The van der Waals surface area contributed by atoms with Gasteiger partial charge in [-0.3, -0.25) is 4.79 Å². The van der Waals surface area contributed by atoms with Crippen molar-refractivity contribution in [3.05, 3.63) is 52.7 Å². The summed E-state index contributed by atoms with van der Waals surface area (Å²) in [6, 6.07) is 10.8. The van der Waals surface area contributed by atoms with Crippen LogP contribution in [0.25, 0.3) is 10.6 Å². The second-order valence-electron chi connectivity index (χ2n) is 7.02. The Morgan fingerprint density at radius 1 is 1.21 bits per heavy atom. The van der Waals surface area contributed by atoms with Gasteiger partial charge in [0.15, 0.2) is 5.13 Å². The minimum atomic E-state index is -3.60.